The van der Waals surface area contributed by atoms with Crippen LogP contribution in [0, 0.1) is 5.92 Å². The van der Waals surface area contributed by atoms with E-state index in [1.54, 1.807) is 0 Å². The van der Waals surface area contributed by atoms with Crippen molar-refractivity contribution in [3.05, 3.63) is 35.0 Å². The fraction of sp³-hybridized carbons (Fsp3) is 0.565. The van der Waals surface area contributed by atoms with Crippen molar-refractivity contribution in [1.82, 2.24) is 20.1 Å². The minimum Gasteiger partial charge on any atom is -0.358 e. The highest BCUT2D eigenvalue weighted by Crippen LogP contribution is 2.32. The van der Waals surface area contributed by atoms with Crippen LogP contribution in [0.2, 0.25) is 0 Å². The molecule has 3 aliphatic rings. The van der Waals surface area contributed by atoms with Crippen molar-refractivity contribution in [2.24, 2.45) is 5.92 Å². The largest absolute Gasteiger partial charge is 0.358 e. The summed E-state index contributed by atoms with van der Waals surface area (Å²) in [7, 11) is 0. The fourth-order valence-corrected chi connectivity index (χ4v) is 4.72. The predicted octanol–water partition coefficient (Wildman–Crippen LogP) is 2.33. The first-order valence-electron chi connectivity index (χ1n) is 11.0. The van der Waals surface area contributed by atoms with Crippen LogP contribution in [0.4, 0.5) is 0 Å². The van der Waals surface area contributed by atoms with E-state index in [1.165, 1.54) is 23.1 Å². The molecular weight excluding hydrogens is 364 g/mol. The van der Waals surface area contributed by atoms with Gasteiger partial charge in [-0.15, -0.1) is 0 Å². The van der Waals surface area contributed by atoms with Gasteiger partial charge in [0.25, 0.3) is 5.91 Å². The van der Waals surface area contributed by atoms with E-state index in [4.69, 9.17) is 0 Å². The Morgan fingerprint density at radius 2 is 1.93 bits per heavy atom. The highest BCUT2D eigenvalue weighted by molar-refractivity contribution is 5.99. The van der Waals surface area contributed by atoms with Gasteiger partial charge in [-0.2, -0.15) is 0 Å². The van der Waals surface area contributed by atoms with E-state index in [2.05, 4.69) is 34.3 Å². The standard InChI is InChI=1S/C23H30N4O2/c1-15-2-6-20-18(12-15)19-13-16(3-7-21(19)25-20)23(29)27-10-8-26(9-11-27)14-22(28)24-17-4-5-17/h3,7,13,15,17,25H,2,4-6,8-12,14H2,1H3,(H,24,28). The topological polar surface area (TPSA) is 68.4 Å². The lowest BCUT2D eigenvalue weighted by Gasteiger charge is -2.34. The molecule has 2 aliphatic carbocycles. The van der Waals surface area contributed by atoms with Crippen molar-refractivity contribution in [2.45, 2.75) is 45.1 Å². The number of benzene rings is 1. The number of carbonyl (C=O) groups is 2. The predicted molar refractivity (Wildman–Crippen MR) is 113 cm³/mol. The number of nitrogens with zero attached hydrogens (tertiary/aromatic N) is 2. The van der Waals surface area contributed by atoms with Crippen molar-refractivity contribution in [1.29, 1.82) is 0 Å². The molecule has 1 aliphatic heterocycles. The van der Waals surface area contributed by atoms with Crippen LogP contribution in [0.15, 0.2) is 18.2 Å². The van der Waals surface area contributed by atoms with Gasteiger partial charge in [0.1, 0.15) is 0 Å². The summed E-state index contributed by atoms with van der Waals surface area (Å²) in [6.07, 6.45) is 5.65. The first-order chi connectivity index (χ1) is 14.1. The van der Waals surface area contributed by atoms with Crippen molar-refractivity contribution in [3.8, 4) is 0 Å². The minimum absolute atomic E-state index is 0.104. The molecule has 2 fully saturated rings. The van der Waals surface area contributed by atoms with Gasteiger partial charge >= 0.3 is 0 Å². The van der Waals surface area contributed by atoms with Crippen molar-refractivity contribution in [2.75, 3.05) is 32.7 Å². The molecule has 0 spiro atoms. The summed E-state index contributed by atoms with van der Waals surface area (Å²) in [4.78, 5) is 32.7. The maximum Gasteiger partial charge on any atom is 0.253 e. The molecule has 2 amide bonds. The van der Waals surface area contributed by atoms with Crippen molar-refractivity contribution < 1.29 is 9.59 Å². The molecule has 0 bridgehead atoms. The quantitative estimate of drug-likeness (QED) is 0.836. The number of piperazine rings is 1. The van der Waals surface area contributed by atoms with Gasteiger partial charge < -0.3 is 15.2 Å². The number of hydrogen-bond acceptors (Lipinski definition) is 3. The second-order valence-electron chi connectivity index (χ2n) is 9.10. The maximum absolute atomic E-state index is 13.1. The minimum atomic E-state index is 0.104. The molecule has 2 heterocycles. The Balaban J connectivity index is 1.24. The van der Waals surface area contributed by atoms with Crippen LogP contribution in [0.1, 0.15) is 47.8 Å². The van der Waals surface area contributed by atoms with Crippen molar-refractivity contribution in [3.63, 3.8) is 0 Å². The maximum atomic E-state index is 13.1. The highest BCUT2D eigenvalue weighted by Gasteiger charge is 2.27. The second-order valence-corrected chi connectivity index (χ2v) is 9.10. The molecule has 6 heteroatoms. The summed E-state index contributed by atoms with van der Waals surface area (Å²) in [6.45, 7) is 5.61. The Kier molecular flexibility index (Phi) is 4.82. The third-order valence-corrected chi connectivity index (χ3v) is 6.65. The number of fused-ring (bicyclic) bond motifs is 3. The highest BCUT2D eigenvalue weighted by atomic mass is 16.2. The number of carbonyl (C=O) groups excluding carboxylic acids is 2. The van der Waals surface area contributed by atoms with Crippen LogP contribution in [0.25, 0.3) is 10.9 Å². The zero-order valence-electron chi connectivity index (χ0n) is 17.2. The molecule has 2 N–H and O–H groups in total. The second kappa shape index (κ2) is 7.48. The van der Waals surface area contributed by atoms with Gasteiger partial charge in [0, 0.05) is 54.4 Å². The number of aromatic amines is 1. The summed E-state index contributed by atoms with van der Waals surface area (Å²) in [5, 5.41) is 4.25. The lowest BCUT2D eigenvalue weighted by atomic mass is 9.87. The summed E-state index contributed by atoms with van der Waals surface area (Å²) in [6, 6.07) is 6.50. The number of aromatic nitrogens is 1. The first kappa shape index (κ1) is 18.7. The molecule has 29 heavy (non-hydrogen) atoms. The number of H-pyrrole nitrogens is 1. The Bertz CT molecular complexity index is 938. The van der Waals surface area contributed by atoms with Crippen LogP contribution < -0.4 is 5.32 Å². The fourth-order valence-electron chi connectivity index (χ4n) is 4.72. The molecule has 1 saturated carbocycles. The number of rotatable bonds is 4. The van der Waals surface area contributed by atoms with Crippen LogP contribution in [-0.4, -0.2) is 65.4 Å². The van der Waals surface area contributed by atoms with E-state index >= 15 is 0 Å². The number of aryl methyl sites for hydroxylation is 1. The molecule has 6 nitrogen and oxygen atoms in total. The lowest BCUT2D eigenvalue weighted by Crippen LogP contribution is -2.51. The average Bonchev–Trinajstić information content (AvgIpc) is 3.46. The van der Waals surface area contributed by atoms with E-state index in [0.29, 0.717) is 31.6 Å². The smallest absolute Gasteiger partial charge is 0.253 e. The summed E-state index contributed by atoms with van der Waals surface area (Å²) in [5.74, 6) is 0.919. The van der Waals surface area contributed by atoms with Crippen LogP contribution in [-0.2, 0) is 17.6 Å². The number of nitrogens with one attached hydrogen (secondary N) is 2. The van der Waals surface area contributed by atoms with Gasteiger partial charge in [-0.25, -0.2) is 0 Å². The molecule has 154 valence electrons. The van der Waals surface area contributed by atoms with Gasteiger partial charge in [0.05, 0.1) is 6.54 Å². The summed E-state index contributed by atoms with van der Waals surface area (Å²) >= 11 is 0. The van der Waals surface area contributed by atoms with E-state index < -0.39 is 0 Å². The van der Waals surface area contributed by atoms with E-state index in [-0.39, 0.29) is 11.8 Å². The third-order valence-electron chi connectivity index (χ3n) is 6.65. The molecule has 2 aromatic rings. The van der Waals surface area contributed by atoms with Crippen LogP contribution >= 0.6 is 0 Å². The number of amides is 2. The zero-order valence-corrected chi connectivity index (χ0v) is 17.2. The summed E-state index contributed by atoms with van der Waals surface area (Å²) in [5.41, 5.74) is 4.67. The van der Waals surface area contributed by atoms with Gasteiger partial charge in [-0.3, -0.25) is 14.5 Å². The molecule has 0 radical (unpaired) electrons. The number of hydrogen-bond donors (Lipinski definition) is 2. The summed E-state index contributed by atoms with van der Waals surface area (Å²) < 4.78 is 0. The molecule has 1 unspecified atom stereocenters. The van der Waals surface area contributed by atoms with Gasteiger partial charge in [-0.05, 0) is 61.8 Å². The Morgan fingerprint density at radius 1 is 1.14 bits per heavy atom. The SMILES string of the molecule is CC1CCc2[nH]c3ccc(C(=O)N4CCN(CC(=O)NC5CC5)CC4)cc3c2C1. The molecule has 1 atom stereocenters. The van der Waals surface area contributed by atoms with E-state index in [1.807, 2.05) is 11.0 Å². The third kappa shape index (κ3) is 3.90. The van der Waals surface area contributed by atoms with Gasteiger partial charge in [0.2, 0.25) is 5.91 Å². The van der Waals surface area contributed by atoms with Gasteiger partial charge in [0.15, 0.2) is 0 Å². The lowest BCUT2D eigenvalue weighted by molar-refractivity contribution is -0.122. The normalized spacial score (nSPS) is 22.5. The Morgan fingerprint density at radius 3 is 2.69 bits per heavy atom. The van der Waals surface area contributed by atoms with Crippen molar-refractivity contribution >= 4 is 22.7 Å². The zero-order chi connectivity index (χ0) is 20.0. The Hall–Kier alpha value is -2.34. The van der Waals surface area contributed by atoms with Crippen LogP contribution in [0.5, 0.6) is 0 Å². The Labute approximate surface area is 171 Å². The first-order valence-corrected chi connectivity index (χ1v) is 11.0. The van der Waals surface area contributed by atoms with Crippen LogP contribution in [0.3, 0.4) is 0 Å². The molecular formula is C23H30N4O2. The van der Waals surface area contributed by atoms with E-state index in [0.717, 1.165) is 49.9 Å². The average molecular weight is 395 g/mol. The molecule has 5 rings (SSSR count). The monoisotopic (exact) mass is 394 g/mol. The molecule has 1 aromatic heterocycles. The molecule has 1 aromatic carbocycles. The molecule has 1 saturated heterocycles. The van der Waals surface area contributed by atoms with Gasteiger partial charge in [-0.1, -0.05) is 6.92 Å². The van der Waals surface area contributed by atoms with E-state index in [9.17, 15) is 9.59 Å².